The molecule has 0 aromatic carbocycles. The van der Waals surface area contributed by atoms with Gasteiger partial charge in [0.05, 0.1) is 0 Å². The monoisotopic (exact) mass is 848 g/mol. The van der Waals surface area contributed by atoms with Gasteiger partial charge in [0, 0.05) is 17.9 Å². The van der Waals surface area contributed by atoms with Crippen LogP contribution in [0.3, 0.4) is 0 Å². The zero-order valence-electron chi connectivity index (χ0n) is 32.7. The molecule has 0 atom stereocenters. The third kappa shape index (κ3) is 66.5. The quantitative estimate of drug-likeness (QED) is 0.0579. The van der Waals surface area contributed by atoms with Crippen molar-refractivity contribution in [3.05, 3.63) is 0 Å². The summed E-state index contributed by atoms with van der Waals surface area (Å²) in [6, 6.07) is 0. The van der Waals surface area contributed by atoms with E-state index < -0.39 is 17.9 Å². The van der Waals surface area contributed by atoms with E-state index in [-0.39, 0.29) is 56.6 Å². The first-order chi connectivity index (χ1) is 23.3. The molecule has 0 aromatic heterocycles. The van der Waals surface area contributed by atoms with Gasteiger partial charge in [0.2, 0.25) is 0 Å². The van der Waals surface area contributed by atoms with Crippen LogP contribution in [-0.4, -0.2) is 17.9 Å². The minimum atomic E-state index is -0.907. The van der Waals surface area contributed by atoms with Crippen LogP contribution in [0.5, 0.6) is 0 Å². The number of hydrogen-bond acceptors (Lipinski definition) is 6. The molecular weight excluding hydrogens is 768 g/mol. The first-order valence-electron chi connectivity index (χ1n) is 20.9. The summed E-state index contributed by atoms with van der Waals surface area (Å²) < 4.78 is 0. The van der Waals surface area contributed by atoms with E-state index in [1.807, 2.05) is 0 Å². The maximum Gasteiger partial charge on any atom is 3.00 e. The Labute approximate surface area is 334 Å². The van der Waals surface area contributed by atoms with E-state index in [1.165, 1.54) is 173 Å². The van der Waals surface area contributed by atoms with Crippen LogP contribution in [0.4, 0.5) is 0 Å². The van der Waals surface area contributed by atoms with Crippen molar-refractivity contribution in [1.29, 1.82) is 0 Å². The fraction of sp³-hybridized carbons (Fsp3) is 0.929. The number of carbonyl (C=O) groups excluding carboxylic acids is 3. The fourth-order valence-corrected chi connectivity index (χ4v) is 5.80. The van der Waals surface area contributed by atoms with Crippen LogP contribution < -0.4 is 15.3 Å². The normalized spacial score (nSPS) is 10.3. The SMILES string of the molecule is CCCCCCCCCCCCCC(=O)[O-].CCCCCCCCCCCCCC(=O)[O-].CCCCCCCCCCCCCC(=O)[O-].[Er+3]. The van der Waals surface area contributed by atoms with Crippen molar-refractivity contribution in [2.24, 2.45) is 0 Å². The molecule has 0 bridgehead atoms. The summed E-state index contributed by atoms with van der Waals surface area (Å²) in [6.07, 6.45) is 42.1. The molecule has 0 aromatic rings. The van der Waals surface area contributed by atoms with Gasteiger partial charge in [-0.05, 0) is 38.5 Å². The molecule has 0 saturated carbocycles. The first kappa shape index (κ1) is 55.4. The Bertz CT molecular complexity index is 557. The first-order valence-corrected chi connectivity index (χ1v) is 20.9. The van der Waals surface area contributed by atoms with Gasteiger partial charge < -0.3 is 29.7 Å². The van der Waals surface area contributed by atoms with Crippen LogP contribution in [0, 0.1) is 37.3 Å². The molecule has 0 rings (SSSR count). The Morgan fingerprint density at radius 2 is 0.388 bits per heavy atom. The maximum absolute atomic E-state index is 10.1. The number of aliphatic carboxylic acids is 3. The van der Waals surface area contributed by atoms with E-state index in [0.29, 0.717) is 0 Å². The Morgan fingerprint density at radius 3 is 0.510 bits per heavy atom. The number of rotatable bonds is 36. The minimum Gasteiger partial charge on any atom is -0.550 e. The van der Waals surface area contributed by atoms with Gasteiger partial charge in [0.1, 0.15) is 0 Å². The number of carbonyl (C=O) groups is 3. The third-order valence-corrected chi connectivity index (χ3v) is 8.95. The predicted molar refractivity (Wildman–Crippen MR) is 198 cm³/mol. The average Bonchev–Trinajstić information content (AvgIpc) is 3.05. The molecular formula is C42H81ErO6. The zero-order valence-corrected chi connectivity index (χ0v) is 34.5. The molecule has 0 heterocycles. The molecule has 0 amide bonds. The van der Waals surface area contributed by atoms with Crippen molar-refractivity contribution in [3.63, 3.8) is 0 Å². The smallest absolute Gasteiger partial charge is 0.550 e. The van der Waals surface area contributed by atoms with Gasteiger partial charge >= 0.3 is 37.3 Å². The zero-order chi connectivity index (χ0) is 36.2. The molecule has 0 aliphatic heterocycles. The van der Waals surface area contributed by atoms with Crippen molar-refractivity contribution in [1.82, 2.24) is 0 Å². The Balaban J connectivity index is -0.000000307. The topological polar surface area (TPSA) is 120 Å². The summed E-state index contributed by atoms with van der Waals surface area (Å²) in [5.74, 6) is -2.72. The molecule has 0 N–H and O–H groups in total. The Hall–Kier alpha value is -0.343. The number of carboxylic acid groups (broad SMARTS) is 3. The van der Waals surface area contributed by atoms with Gasteiger partial charge in [-0.25, -0.2) is 0 Å². The molecule has 1 radical (unpaired) electrons. The van der Waals surface area contributed by atoms with Crippen molar-refractivity contribution >= 4 is 17.9 Å². The second-order valence-electron chi connectivity index (χ2n) is 14.0. The van der Waals surface area contributed by atoms with Gasteiger partial charge in [0.25, 0.3) is 0 Å². The summed E-state index contributed by atoms with van der Waals surface area (Å²) >= 11 is 0. The molecule has 297 valence electrons. The van der Waals surface area contributed by atoms with Crippen LogP contribution in [0.1, 0.15) is 252 Å². The van der Waals surface area contributed by atoms with Crippen LogP contribution in [0.25, 0.3) is 0 Å². The van der Waals surface area contributed by atoms with E-state index in [0.717, 1.165) is 38.5 Å². The summed E-state index contributed by atoms with van der Waals surface area (Å²) in [5.41, 5.74) is 0. The van der Waals surface area contributed by atoms with Crippen molar-refractivity contribution in [3.8, 4) is 0 Å². The Kier molecular flexibility index (Phi) is 58.8. The fourth-order valence-electron chi connectivity index (χ4n) is 5.80. The third-order valence-electron chi connectivity index (χ3n) is 8.95. The van der Waals surface area contributed by atoms with Crippen molar-refractivity contribution < 1.29 is 67.0 Å². The van der Waals surface area contributed by atoms with E-state index in [1.54, 1.807) is 0 Å². The molecule has 0 aliphatic rings. The van der Waals surface area contributed by atoms with Gasteiger partial charge in [0.15, 0.2) is 0 Å². The molecule has 49 heavy (non-hydrogen) atoms. The number of hydrogen-bond donors (Lipinski definition) is 0. The summed E-state index contributed by atoms with van der Waals surface area (Å²) in [5, 5.41) is 30.4. The van der Waals surface area contributed by atoms with Crippen molar-refractivity contribution in [2.45, 2.75) is 252 Å². The van der Waals surface area contributed by atoms with E-state index in [2.05, 4.69) is 20.8 Å². The maximum atomic E-state index is 10.1. The van der Waals surface area contributed by atoms with Crippen LogP contribution >= 0.6 is 0 Å². The van der Waals surface area contributed by atoms with Crippen LogP contribution in [0.2, 0.25) is 0 Å². The molecule has 0 unspecified atom stereocenters. The predicted octanol–water partition coefficient (Wildman–Crippen LogP) is 10.3. The second-order valence-corrected chi connectivity index (χ2v) is 14.0. The molecule has 7 heteroatoms. The molecule has 0 spiro atoms. The van der Waals surface area contributed by atoms with Crippen molar-refractivity contribution in [2.75, 3.05) is 0 Å². The minimum absolute atomic E-state index is 0. The van der Waals surface area contributed by atoms with E-state index >= 15 is 0 Å². The number of unbranched alkanes of at least 4 members (excludes halogenated alkanes) is 30. The van der Waals surface area contributed by atoms with Gasteiger partial charge in [-0.1, -0.05) is 213 Å². The van der Waals surface area contributed by atoms with Crippen LogP contribution in [-0.2, 0) is 14.4 Å². The second kappa shape index (κ2) is 52.0. The largest absolute Gasteiger partial charge is 3.00 e. The average molecular weight is 849 g/mol. The van der Waals surface area contributed by atoms with Gasteiger partial charge in [-0.15, -0.1) is 0 Å². The summed E-state index contributed by atoms with van der Waals surface area (Å²) in [4.78, 5) is 30.4. The molecule has 0 saturated heterocycles. The molecule has 0 fully saturated rings. The van der Waals surface area contributed by atoms with Gasteiger partial charge in [-0.3, -0.25) is 0 Å². The number of carboxylic acids is 3. The summed E-state index contributed by atoms with van der Waals surface area (Å²) in [6.45, 7) is 6.73. The van der Waals surface area contributed by atoms with E-state index in [9.17, 15) is 29.7 Å². The van der Waals surface area contributed by atoms with Gasteiger partial charge in [-0.2, -0.15) is 0 Å². The van der Waals surface area contributed by atoms with E-state index in [4.69, 9.17) is 0 Å². The standard InChI is InChI=1S/3C14H28O2.Er/c3*1-2-3-4-5-6-7-8-9-10-11-12-13-14(15)16;/h3*2-13H2,1H3,(H,15,16);/q;;;+3/p-3. The Morgan fingerprint density at radius 1 is 0.265 bits per heavy atom. The summed E-state index contributed by atoms with van der Waals surface area (Å²) in [7, 11) is 0. The van der Waals surface area contributed by atoms with Crippen LogP contribution in [0.15, 0.2) is 0 Å². The molecule has 6 nitrogen and oxygen atoms in total. The molecule has 0 aliphatic carbocycles.